The van der Waals surface area contributed by atoms with E-state index < -0.39 is 29.6 Å². The average Bonchev–Trinajstić information content (AvgIpc) is 2.69. The first-order valence-corrected chi connectivity index (χ1v) is 9.19. The first-order chi connectivity index (χ1) is 13.9. The molecule has 0 aliphatic heterocycles. The van der Waals surface area contributed by atoms with Gasteiger partial charge in [0, 0.05) is 20.2 Å². The fourth-order valence-corrected chi connectivity index (χ4v) is 2.70. The highest BCUT2D eigenvalue weighted by Crippen LogP contribution is 2.19. The number of aromatic nitrogens is 2. The molecule has 1 aromatic heterocycles. The molecule has 0 aliphatic carbocycles. The Labute approximate surface area is 166 Å². The van der Waals surface area contributed by atoms with Crippen LogP contribution < -0.4 is 26.6 Å². The maximum atomic E-state index is 13.7. The summed E-state index contributed by atoms with van der Waals surface area (Å²) in [6, 6.07) is 5.65. The predicted octanol–water partition coefficient (Wildman–Crippen LogP) is 1.12. The number of amides is 1. The second-order valence-corrected chi connectivity index (χ2v) is 6.26. The van der Waals surface area contributed by atoms with E-state index in [9.17, 15) is 18.8 Å². The molecular formula is C19H25FN4O5. The lowest BCUT2D eigenvalue weighted by Crippen LogP contribution is -2.44. The fraction of sp³-hybridized carbons (Fsp3) is 0.421. The van der Waals surface area contributed by atoms with Gasteiger partial charge in [0.15, 0.2) is 23.9 Å². The summed E-state index contributed by atoms with van der Waals surface area (Å²) in [7, 11) is 1.44. The Morgan fingerprint density at radius 2 is 2.03 bits per heavy atom. The SMILES string of the molecule is CCCCn1c(N)c(N(CCOC)C(=O)COc2ccccc2F)c(=O)[nH]c1=O. The van der Waals surface area contributed by atoms with E-state index >= 15 is 0 Å². The predicted molar refractivity (Wildman–Crippen MR) is 107 cm³/mol. The number of hydrogen-bond acceptors (Lipinski definition) is 6. The second kappa shape index (κ2) is 10.4. The molecule has 3 N–H and O–H groups in total. The molecular weight excluding hydrogens is 383 g/mol. The number of hydrogen-bond donors (Lipinski definition) is 2. The van der Waals surface area contributed by atoms with Crippen molar-refractivity contribution in [2.24, 2.45) is 0 Å². The zero-order valence-corrected chi connectivity index (χ0v) is 16.4. The summed E-state index contributed by atoms with van der Waals surface area (Å²) in [4.78, 5) is 40.6. The third kappa shape index (κ3) is 5.44. The third-order valence-electron chi connectivity index (χ3n) is 4.23. The van der Waals surface area contributed by atoms with Crippen molar-refractivity contribution in [3.8, 4) is 5.75 Å². The highest BCUT2D eigenvalue weighted by Gasteiger charge is 2.24. The monoisotopic (exact) mass is 408 g/mol. The van der Waals surface area contributed by atoms with Crippen molar-refractivity contribution in [2.45, 2.75) is 26.3 Å². The molecule has 1 amide bonds. The number of benzene rings is 1. The molecule has 1 heterocycles. The summed E-state index contributed by atoms with van der Waals surface area (Å²) >= 11 is 0. The van der Waals surface area contributed by atoms with Gasteiger partial charge in [0.25, 0.3) is 11.5 Å². The average molecular weight is 408 g/mol. The molecule has 0 atom stereocenters. The molecule has 0 spiro atoms. The van der Waals surface area contributed by atoms with Gasteiger partial charge < -0.3 is 15.2 Å². The van der Waals surface area contributed by atoms with Crippen LogP contribution in [0.15, 0.2) is 33.9 Å². The Morgan fingerprint density at radius 1 is 1.31 bits per heavy atom. The number of nitrogens with two attached hydrogens (primary N) is 1. The van der Waals surface area contributed by atoms with Gasteiger partial charge in [0.2, 0.25) is 0 Å². The molecule has 158 valence electrons. The van der Waals surface area contributed by atoms with Crippen LogP contribution in [0.2, 0.25) is 0 Å². The summed E-state index contributed by atoms with van der Waals surface area (Å²) in [5.41, 5.74) is 4.47. The third-order valence-corrected chi connectivity index (χ3v) is 4.23. The maximum absolute atomic E-state index is 13.7. The standard InChI is InChI=1S/C19H25FN4O5/c1-3-4-9-24-17(21)16(18(26)22-19(24)27)23(10-11-28-2)15(25)12-29-14-8-6-5-7-13(14)20/h5-8H,3-4,9-12,21H2,1-2H3,(H,22,26,27). The van der Waals surface area contributed by atoms with Crippen molar-refractivity contribution >= 4 is 17.4 Å². The van der Waals surface area contributed by atoms with Crippen LogP contribution in [0, 0.1) is 5.82 Å². The summed E-state index contributed by atoms with van der Waals surface area (Å²) in [5.74, 6) is -1.47. The van der Waals surface area contributed by atoms with Crippen LogP contribution in [0.3, 0.4) is 0 Å². The van der Waals surface area contributed by atoms with Gasteiger partial charge in [0.1, 0.15) is 5.82 Å². The number of unbranched alkanes of at least 4 members (excludes halogenated alkanes) is 1. The molecule has 1 aromatic carbocycles. The molecule has 0 bridgehead atoms. The lowest BCUT2D eigenvalue weighted by molar-refractivity contribution is -0.120. The molecule has 29 heavy (non-hydrogen) atoms. The molecule has 0 radical (unpaired) electrons. The van der Waals surface area contributed by atoms with Crippen LogP contribution >= 0.6 is 0 Å². The van der Waals surface area contributed by atoms with Crippen LogP contribution in [0.25, 0.3) is 0 Å². The summed E-state index contributed by atoms with van der Waals surface area (Å²) < 4.78 is 25.2. The molecule has 0 saturated carbocycles. The van der Waals surface area contributed by atoms with Crippen molar-refractivity contribution in [3.05, 3.63) is 50.9 Å². The molecule has 2 rings (SSSR count). The highest BCUT2D eigenvalue weighted by atomic mass is 19.1. The van der Waals surface area contributed by atoms with Gasteiger partial charge in [-0.3, -0.25) is 24.0 Å². The lowest BCUT2D eigenvalue weighted by atomic mass is 10.3. The van der Waals surface area contributed by atoms with Gasteiger partial charge in [-0.05, 0) is 18.6 Å². The van der Waals surface area contributed by atoms with Gasteiger partial charge in [-0.1, -0.05) is 25.5 Å². The number of anilines is 2. The van der Waals surface area contributed by atoms with Crippen LogP contribution in [0.1, 0.15) is 19.8 Å². The fourth-order valence-electron chi connectivity index (χ4n) is 2.70. The Balaban J connectivity index is 2.36. The van der Waals surface area contributed by atoms with Crippen molar-refractivity contribution in [1.29, 1.82) is 0 Å². The van der Waals surface area contributed by atoms with Crippen molar-refractivity contribution < 1.29 is 18.7 Å². The number of halogens is 1. The Hall–Kier alpha value is -3.14. The number of methoxy groups -OCH3 is 1. The zero-order valence-electron chi connectivity index (χ0n) is 16.4. The summed E-state index contributed by atoms with van der Waals surface area (Å²) in [6.45, 7) is 1.82. The second-order valence-electron chi connectivity index (χ2n) is 6.26. The van der Waals surface area contributed by atoms with Crippen LogP contribution in [0.4, 0.5) is 15.9 Å². The molecule has 9 nitrogen and oxygen atoms in total. The Bertz CT molecular complexity index is 956. The van der Waals surface area contributed by atoms with Gasteiger partial charge in [-0.2, -0.15) is 0 Å². The van der Waals surface area contributed by atoms with Crippen molar-refractivity contribution in [3.63, 3.8) is 0 Å². The number of carbonyl (C=O) groups excluding carboxylic acids is 1. The number of nitrogen functional groups attached to an aromatic ring is 1. The summed E-state index contributed by atoms with van der Waals surface area (Å²) in [5, 5.41) is 0. The van der Waals surface area contributed by atoms with E-state index in [2.05, 4.69) is 4.98 Å². The minimum absolute atomic E-state index is 0.00474. The molecule has 10 heteroatoms. The number of H-pyrrole nitrogens is 1. The first-order valence-electron chi connectivity index (χ1n) is 9.19. The topological polar surface area (TPSA) is 120 Å². The number of para-hydroxylation sites is 1. The van der Waals surface area contributed by atoms with E-state index in [1.165, 1.54) is 29.9 Å². The van der Waals surface area contributed by atoms with Crippen molar-refractivity contribution in [1.82, 2.24) is 9.55 Å². The quantitative estimate of drug-likeness (QED) is 0.608. The number of nitrogens with one attached hydrogen (secondary N) is 1. The zero-order chi connectivity index (χ0) is 21.4. The lowest BCUT2D eigenvalue weighted by Gasteiger charge is -2.24. The summed E-state index contributed by atoms with van der Waals surface area (Å²) in [6.07, 6.45) is 1.47. The van der Waals surface area contributed by atoms with Gasteiger partial charge in [0.05, 0.1) is 6.61 Å². The van der Waals surface area contributed by atoms with Gasteiger partial charge >= 0.3 is 5.69 Å². The molecule has 0 saturated heterocycles. The number of rotatable bonds is 10. The minimum Gasteiger partial charge on any atom is -0.481 e. The molecule has 0 fully saturated rings. The van der Waals surface area contributed by atoms with E-state index in [0.717, 1.165) is 11.3 Å². The highest BCUT2D eigenvalue weighted by molar-refractivity contribution is 5.96. The van der Waals surface area contributed by atoms with E-state index in [1.807, 2.05) is 6.92 Å². The Morgan fingerprint density at radius 3 is 2.69 bits per heavy atom. The van der Waals surface area contributed by atoms with Crippen LogP contribution in [0.5, 0.6) is 5.75 Å². The van der Waals surface area contributed by atoms with E-state index in [0.29, 0.717) is 13.0 Å². The van der Waals surface area contributed by atoms with E-state index in [-0.39, 0.29) is 30.4 Å². The number of ether oxygens (including phenoxy) is 2. The van der Waals surface area contributed by atoms with Crippen molar-refractivity contribution in [2.75, 3.05) is 37.5 Å². The number of nitrogens with zero attached hydrogens (tertiary/aromatic N) is 2. The largest absolute Gasteiger partial charge is 0.481 e. The molecule has 0 unspecified atom stereocenters. The maximum Gasteiger partial charge on any atom is 0.330 e. The molecule has 0 aliphatic rings. The number of aromatic amines is 1. The van der Waals surface area contributed by atoms with Gasteiger partial charge in [-0.15, -0.1) is 0 Å². The number of carbonyl (C=O) groups is 1. The smallest absolute Gasteiger partial charge is 0.330 e. The van der Waals surface area contributed by atoms with Crippen LogP contribution in [-0.2, 0) is 16.1 Å². The van der Waals surface area contributed by atoms with Crippen LogP contribution in [-0.4, -0.2) is 42.3 Å². The van der Waals surface area contributed by atoms with E-state index in [4.69, 9.17) is 15.2 Å². The minimum atomic E-state index is -0.796. The van der Waals surface area contributed by atoms with E-state index in [1.54, 1.807) is 6.07 Å². The normalized spacial score (nSPS) is 10.7. The van der Waals surface area contributed by atoms with Gasteiger partial charge in [-0.25, -0.2) is 9.18 Å². The Kier molecular flexibility index (Phi) is 7.96. The first kappa shape index (κ1) is 22.2. The molecule has 2 aromatic rings.